The Morgan fingerprint density at radius 1 is 1.06 bits per heavy atom. The first-order valence-corrected chi connectivity index (χ1v) is 10.8. The number of hydrogen-bond acceptors (Lipinski definition) is 7. The van der Waals surface area contributed by atoms with Gasteiger partial charge in [-0.1, -0.05) is 18.2 Å². The molecule has 13 heteroatoms. The molecule has 0 saturated heterocycles. The molecule has 9 N–H and O–H groups in total. The normalized spacial score (nSPS) is 14.4. The first-order chi connectivity index (χ1) is 16.5. The summed E-state index contributed by atoms with van der Waals surface area (Å²) in [5.74, 6) is -5.16. The Hall–Kier alpha value is -3.97. The zero-order valence-corrected chi connectivity index (χ0v) is 19.0. The van der Waals surface area contributed by atoms with Gasteiger partial charge in [0.25, 0.3) is 0 Å². The van der Waals surface area contributed by atoms with Crippen molar-refractivity contribution in [1.82, 2.24) is 20.9 Å². The Morgan fingerprint density at radius 3 is 2.37 bits per heavy atom. The first kappa shape index (κ1) is 27.3. The third kappa shape index (κ3) is 8.08. The average molecular weight is 492 g/mol. The molecule has 2 aromatic rings. The van der Waals surface area contributed by atoms with Crippen LogP contribution in [0.4, 0.5) is 0 Å². The molecule has 4 atom stereocenters. The van der Waals surface area contributed by atoms with Crippen LogP contribution in [0.3, 0.4) is 0 Å². The van der Waals surface area contributed by atoms with Crippen molar-refractivity contribution in [2.45, 2.75) is 50.4 Å². The molecule has 0 spiro atoms. The van der Waals surface area contributed by atoms with Crippen molar-refractivity contribution in [2.24, 2.45) is 5.73 Å². The number of aliphatic hydroxyl groups excluding tert-OH is 1. The predicted octanol–water partition coefficient (Wildman–Crippen LogP) is -1.55. The third-order valence-corrected chi connectivity index (χ3v) is 5.22. The minimum atomic E-state index is -1.66. The van der Waals surface area contributed by atoms with Crippen molar-refractivity contribution in [3.8, 4) is 0 Å². The summed E-state index contributed by atoms with van der Waals surface area (Å²) >= 11 is 0. The average Bonchev–Trinajstić information content (AvgIpc) is 3.20. The molecule has 0 fully saturated rings. The summed E-state index contributed by atoms with van der Waals surface area (Å²) in [4.78, 5) is 62.3. The van der Waals surface area contributed by atoms with Gasteiger partial charge in [-0.2, -0.15) is 0 Å². The number of carbonyl (C=O) groups is 5. The molecule has 0 aliphatic carbocycles. The molecule has 0 aliphatic heterocycles. The number of nitrogens with two attached hydrogens (primary N) is 1. The molecule has 0 radical (unpaired) electrons. The molecule has 4 unspecified atom stereocenters. The summed E-state index contributed by atoms with van der Waals surface area (Å²) in [5.41, 5.74) is 7.67. The molecule has 0 bridgehead atoms. The van der Waals surface area contributed by atoms with Crippen molar-refractivity contribution in [3.05, 3.63) is 36.0 Å². The number of rotatable bonds is 13. The van der Waals surface area contributed by atoms with Crippen molar-refractivity contribution >= 4 is 40.6 Å². The van der Waals surface area contributed by atoms with E-state index in [1.54, 1.807) is 6.20 Å². The highest BCUT2D eigenvalue weighted by Gasteiger charge is 2.30. The molecule has 3 amide bonds. The highest BCUT2D eigenvalue weighted by atomic mass is 16.4. The number of nitrogens with one attached hydrogen (secondary N) is 4. The fourth-order valence-electron chi connectivity index (χ4n) is 3.35. The van der Waals surface area contributed by atoms with Crippen LogP contribution in [0.25, 0.3) is 10.9 Å². The lowest BCUT2D eigenvalue weighted by Crippen LogP contribution is -2.56. The van der Waals surface area contributed by atoms with Crippen molar-refractivity contribution in [2.75, 3.05) is 6.54 Å². The number of hydrogen-bond donors (Lipinski definition) is 8. The van der Waals surface area contributed by atoms with Crippen LogP contribution in [0.5, 0.6) is 0 Å². The van der Waals surface area contributed by atoms with Crippen LogP contribution in [0.2, 0.25) is 0 Å². The number of para-hydroxylation sites is 1. The third-order valence-electron chi connectivity index (χ3n) is 5.22. The van der Waals surface area contributed by atoms with Gasteiger partial charge in [0.2, 0.25) is 17.7 Å². The number of carboxylic acid groups (broad SMARTS) is 2. The fourth-order valence-corrected chi connectivity index (χ4v) is 3.35. The number of benzene rings is 1. The van der Waals surface area contributed by atoms with E-state index in [0.29, 0.717) is 0 Å². The quantitative estimate of drug-likeness (QED) is 0.162. The first-order valence-electron chi connectivity index (χ1n) is 10.8. The summed E-state index contributed by atoms with van der Waals surface area (Å²) in [6.45, 7) is 0.606. The van der Waals surface area contributed by atoms with Gasteiger partial charge < -0.3 is 42.0 Å². The van der Waals surface area contributed by atoms with Crippen LogP contribution in [-0.2, 0) is 30.4 Å². The Labute approximate surface area is 200 Å². The van der Waals surface area contributed by atoms with Crippen molar-refractivity contribution < 1.29 is 39.3 Å². The second-order valence-corrected chi connectivity index (χ2v) is 8.01. The maximum absolute atomic E-state index is 12.4. The lowest BCUT2D eigenvalue weighted by Gasteiger charge is -2.22. The zero-order chi connectivity index (χ0) is 26.1. The molecular formula is C22H29N5O8. The van der Waals surface area contributed by atoms with Gasteiger partial charge in [-0.05, 0) is 31.4 Å². The molecule has 0 saturated carbocycles. The highest BCUT2D eigenvalue weighted by molar-refractivity contribution is 5.93. The summed E-state index contributed by atoms with van der Waals surface area (Å²) in [7, 11) is 0. The van der Waals surface area contributed by atoms with Crippen LogP contribution < -0.4 is 21.7 Å². The highest BCUT2D eigenvalue weighted by Crippen LogP contribution is 2.18. The second-order valence-electron chi connectivity index (χ2n) is 8.01. The molecule has 1 heterocycles. The standard InChI is InChI=1S/C22H29N5O8/c1-11(28)19(22(34)35)27-21(33)16(6-7-18(30)31)26-17(29)10-25-20(32)14(23)8-12-9-24-15-5-3-2-4-13(12)15/h2-5,9,11,14,16,19,24,28H,6-8,10,23H2,1H3,(H,25,32)(H,26,29)(H,27,33)(H,30,31)(H,34,35). The minimum absolute atomic E-state index is 0.205. The van der Waals surface area contributed by atoms with Gasteiger partial charge in [0.05, 0.1) is 18.7 Å². The summed E-state index contributed by atoms with van der Waals surface area (Å²) in [5, 5.41) is 35.1. The topological polar surface area (TPSA) is 224 Å². The van der Waals surface area contributed by atoms with E-state index >= 15 is 0 Å². The number of aliphatic carboxylic acids is 2. The second kappa shape index (κ2) is 12.5. The van der Waals surface area contributed by atoms with Gasteiger partial charge in [0.1, 0.15) is 6.04 Å². The number of aliphatic hydroxyl groups is 1. The van der Waals surface area contributed by atoms with E-state index in [-0.39, 0.29) is 12.8 Å². The summed E-state index contributed by atoms with van der Waals surface area (Å²) < 4.78 is 0. The van der Waals surface area contributed by atoms with E-state index in [1.807, 2.05) is 24.3 Å². The van der Waals surface area contributed by atoms with E-state index in [9.17, 15) is 29.1 Å². The monoisotopic (exact) mass is 491 g/mol. The number of aromatic amines is 1. The van der Waals surface area contributed by atoms with Gasteiger partial charge in [-0.15, -0.1) is 0 Å². The maximum atomic E-state index is 12.4. The lowest BCUT2D eigenvalue weighted by atomic mass is 10.1. The van der Waals surface area contributed by atoms with Crippen molar-refractivity contribution in [1.29, 1.82) is 0 Å². The van der Waals surface area contributed by atoms with E-state index in [0.717, 1.165) is 23.4 Å². The number of carboxylic acids is 2. The van der Waals surface area contributed by atoms with Crippen LogP contribution in [0, 0.1) is 0 Å². The molecule has 0 aliphatic rings. The van der Waals surface area contributed by atoms with Gasteiger partial charge in [-0.25, -0.2) is 4.79 Å². The number of carbonyl (C=O) groups excluding carboxylic acids is 3. The number of fused-ring (bicyclic) bond motifs is 1. The summed E-state index contributed by atoms with van der Waals surface area (Å²) in [6.07, 6.45) is -0.324. The molecule has 1 aromatic carbocycles. The van der Waals surface area contributed by atoms with E-state index < -0.39 is 66.9 Å². The zero-order valence-electron chi connectivity index (χ0n) is 19.0. The molecular weight excluding hydrogens is 462 g/mol. The van der Waals surface area contributed by atoms with Gasteiger partial charge in [0.15, 0.2) is 6.04 Å². The predicted molar refractivity (Wildman–Crippen MR) is 123 cm³/mol. The van der Waals surface area contributed by atoms with Crippen LogP contribution in [-0.4, -0.2) is 80.7 Å². The van der Waals surface area contributed by atoms with E-state index in [1.165, 1.54) is 0 Å². The number of H-pyrrole nitrogens is 1. The van der Waals surface area contributed by atoms with Gasteiger partial charge >= 0.3 is 11.9 Å². The SMILES string of the molecule is CC(O)C(NC(=O)C(CCC(=O)O)NC(=O)CNC(=O)C(N)Cc1c[nH]c2ccccc12)C(=O)O. The summed E-state index contributed by atoms with van der Waals surface area (Å²) in [6, 6.07) is 3.45. The Morgan fingerprint density at radius 2 is 1.74 bits per heavy atom. The minimum Gasteiger partial charge on any atom is -0.481 e. The van der Waals surface area contributed by atoms with Crippen molar-refractivity contribution in [3.63, 3.8) is 0 Å². The fraction of sp³-hybridized carbons (Fsp3) is 0.409. The molecule has 2 rings (SSSR count). The number of aromatic nitrogens is 1. The van der Waals surface area contributed by atoms with Crippen LogP contribution in [0.1, 0.15) is 25.3 Å². The molecule has 1 aromatic heterocycles. The number of amides is 3. The Kier molecular flexibility index (Phi) is 9.73. The maximum Gasteiger partial charge on any atom is 0.328 e. The molecule has 13 nitrogen and oxygen atoms in total. The van der Waals surface area contributed by atoms with Gasteiger partial charge in [-0.3, -0.25) is 19.2 Å². The van der Waals surface area contributed by atoms with Crippen LogP contribution in [0.15, 0.2) is 30.5 Å². The van der Waals surface area contributed by atoms with Crippen LogP contribution >= 0.6 is 0 Å². The molecule has 190 valence electrons. The van der Waals surface area contributed by atoms with Gasteiger partial charge in [0, 0.05) is 23.5 Å². The smallest absolute Gasteiger partial charge is 0.328 e. The molecule has 35 heavy (non-hydrogen) atoms. The van der Waals surface area contributed by atoms with E-state index in [2.05, 4.69) is 20.9 Å². The Bertz CT molecular complexity index is 1080. The lowest BCUT2D eigenvalue weighted by molar-refractivity contribution is -0.145. The Balaban J connectivity index is 1.93. The van der Waals surface area contributed by atoms with E-state index in [4.69, 9.17) is 15.9 Å². The largest absolute Gasteiger partial charge is 0.481 e.